The van der Waals surface area contributed by atoms with Crippen LogP contribution in [-0.2, 0) is 32.0 Å². The number of ether oxygens (including phenoxy) is 3. The van der Waals surface area contributed by atoms with E-state index in [1.165, 1.54) is 0 Å². The first kappa shape index (κ1) is 25.7. The minimum atomic E-state index is -0.145. The van der Waals surface area contributed by atoms with E-state index in [2.05, 4.69) is 33.9 Å². The largest absolute Gasteiger partial charge is 0.476 e. The topological polar surface area (TPSA) is 123 Å². The van der Waals surface area contributed by atoms with Crippen LogP contribution in [0.2, 0.25) is 0 Å². The third kappa shape index (κ3) is 4.61. The number of imidazole rings is 1. The fourth-order valence-corrected chi connectivity index (χ4v) is 4.89. The van der Waals surface area contributed by atoms with Crippen molar-refractivity contribution in [3.63, 3.8) is 0 Å². The molecule has 1 aliphatic heterocycles. The van der Waals surface area contributed by atoms with Gasteiger partial charge < -0.3 is 19.9 Å². The molecule has 2 N–H and O–H groups in total. The maximum absolute atomic E-state index is 6.55. The van der Waals surface area contributed by atoms with E-state index in [4.69, 9.17) is 24.9 Å². The Morgan fingerprint density at radius 3 is 2.71 bits per heavy atom. The second-order valence-corrected chi connectivity index (χ2v) is 9.38. The monoisotopic (exact) mass is 521 g/mol. The molecule has 1 aliphatic rings. The minimum absolute atomic E-state index is 0.145. The summed E-state index contributed by atoms with van der Waals surface area (Å²) in [6, 6.07) is 0. The summed E-state index contributed by atoms with van der Waals surface area (Å²) in [5.74, 6) is 1.52. The van der Waals surface area contributed by atoms with Crippen molar-refractivity contribution in [3.05, 3.63) is 35.0 Å². The normalized spacial score (nSPS) is 17.1. The maximum Gasteiger partial charge on any atom is 0.240 e. The molecule has 202 valence electrons. The lowest BCUT2D eigenvalue weighted by Crippen LogP contribution is -2.34. The SMILES string of the molecule is CCOc1nn(C)c2c1/C=C/c1cnc3c(N)nc(cn13)-c1c(COC)nn(C)c1O[C@@H](C)CN(CC)C2. The molecule has 12 heteroatoms. The molecule has 5 rings (SSSR count). The van der Waals surface area contributed by atoms with Gasteiger partial charge in [-0.1, -0.05) is 6.92 Å². The summed E-state index contributed by atoms with van der Waals surface area (Å²) in [6.45, 7) is 9.20. The second kappa shape index (κ2) is 10.5. The average molecular weight is 522 g/mol. The predicted octanol–water partition coefficient (Wildman–Crippen LogP) is 2.76. The lowest BCUT2D eigenvalue weighted by molar-refractivity contribution is 0.134. The van der Waals surface area contributed by atoms with Crippen LogP contribution in [0.1, 0.15) is 43.4 Å². The molecule has 5 heterocycles. The number of nitrogen functional groups attached to an aromatic ring is 1. The molecule has 12 nitrogen and oxygen atoms in total. The van der Waals surface area contributed by atoms with Gasteiger partial charge in [-0.2, -0.15) is 5.10 Å². The van der Waals surface area contributed by atoms with Crippen molar-refractivity contribution in [2.24, 2.45) is 14.1 Å². The van der Waals surface area contributed by atoms with Gasteiger partial charge in [0.25, 0.3) is 0 Å². The number of hydrogen-bond acceptors (Lipinski definition) is 9. The van der Waals surface area contributed by atoms with Gasteiger partial charge in [0.05, 0.1) is 47.6 Å². The van der Waals surface area contributed by atoms with Gasteiger partial charge >= 0.3 is 0 Å². The van der Waals surface area contributed by atoms with E-state index in [1.54, 1.807) is 18.0 Å². The quantitative estimate of drug-likeness (QED) is 0.422. The van der Waals surface area contributed by atoms with Gasteiger partial charge in [0.15, 0.2) is 11.5 Å². The van der Waals surface area contributed by atoms with Crippen LogP contribution in [0.5, 0.6) is 11.8 Å². The Labute approximate surface area is 221 Å². The highest BCUT2D eigenvalue weighted by molar-refractivity contribution is 5.77. The first-order valence-electron chi connectivity index (χ1n) is 12.8. The number of anilines is 1. The number of likely N-dealkylation sites (N-methyl/N-ethyl adjacent to an activating group) is 1. The van der Waals surface area contributed by atoms with Crippen LogP contribution in [-0.4, -0.2) is 71.7 Å². The van der Waals surface area contributed by atoms with Gasteiger partial charge in [0.2, 0.25) is 11.8 Å². The van der Waals surface area contributed by atoms with Crippen LogP contribution in [0.15, 0.2) is 12.4 Å². The Balaban J connectivity index is 1.75. The van der Waals surface area contributed by atoms with Crippen molar-refractivity contribution in [3.8, 4) is 23.0 Å². The Morgan fingerprint density at radius 1 is 1.16 bits per heavy atom. The number of aromatic nitrogens is 7. The highest BCUT2D eigenvalue weighted by Gasteiger charge is 2.26. The van der Waals surface area contributed by atoms with Gasteiger partial charge in [0, 0.05) is 40.5 Å². The molecule has 1 atom stereocenters. The van der Waals surface area contributed by atoms with Crippen molar-refractivity contribution < 1.29 is 14.2 Å². The molecule has 0 unspecified atom stereocenters. The zero-order valence-electron chi connectivity index (χ0n) is 22.8. The molecule has 38 heavy (non-hydrogen) atoms. The summed E-state index contributed by atoms with van der Waals surface area (Å²) < 4.78 is 23.5. The Morgan fingerprint density at radius 2 is 1.97 bits per heavy atom. The third-order valence-electron chi connectivity index (χ3n) is 6.67. The smallest absolute Gasteiger partial charge is 0.240 e. The highest BCUT2D eigenvalue weighted by atomic mass is 16.5. The molecule has 2 bridgehead atoms. The van der Waals surface area contributed by atoms with Crippen LogP contribution < -0.4 is 15.2 Å². The summed E-state index contributed by atoms with van der Waals surface area (Å²) in [4.78, 5) is 11.6. The number of fused-ring (bicyclic) bond motifs is 4. The fourth-order valence-electron chi connectivity index (χ4n) is 4.89. The Hall–Kier alpha value is -3.90. The van der Waals surface area contributed by atoms with Crippen LogP contribution >= 0.6 is 0 Å². The summed E-state index contributed by atoms with van der Waals surface area (Å²) >= 11 is 0. The average Bonchev–Trinajstić information content (AvgIpc) is 3.51. The number of hydrogen-bond donors (Lipinski definition) is 1. The standard InChI is InChI=1S/C26H35N9O3/c1-7-34-12-16(3)38-26-22(20(15-36-6)30-33(26)5)19-13-35-17(11-28-24(35)23(27)29-19)9-10-18-21(14-34)32(4)31-25(18)37-8-2/h9-11,13,16H,7-8,12,14-15H2,1-6H3,(H2,27,29)/b10-9+/t16-/m0/s1. The van der Waals surface area contributed by atoms with Crippen molar-refractivity contribution in [1.82, 2.24) is 38.8 Å². The fraction of sp³-hybridized carbons (Fsp3) is 0.462. The second-order valence-electron chi connectivity index (χ2n) is 9.38. The van der Waals surface area contributed by atoms with E-state index in [0.717, 1.165) is 34.8 Å². The molecule has 4 aromatic heterocycles. The lowest BCUT2D eigenvalue weighted by atomic mass is 10.1. The van der Waals surface area contributed by atoms with E-state index >= 15 is 0 Å². The van der Waals surface area contributed by atoms with Gasteiger partial charge in [-0.3, -0.25) is 14.0 Å². The highest BCUT2D eigenvalue weighted by Crippen LogP contribution is 2.35. The molecule has 0 aliphatic carbocycles. The van der Waals surface area contributed by atoms with Crippen molar-refractivity contribution in [1.29, 1.82) is 0 Å². The predicted molar refractivity (Wildman–Crippen MR) is 145 cm³/mol. The molecule has 0 amide bonds. The Bertz CT molecular complexity index is 1480. The zero-order valence-corrected chi connectivity index (χ0v) is 22.8. The molecule has 0 fully saturated rings. The molecular weight excluding hydrogens is 486 g/mol. The molecule has 4 aromatic rings. The molecule has 0 saturated carbocycles. The number of nitrogens with zero attached hydrogens (tertiary/aromatic N) is 8. The van der Waals surface area contributed by atoms with Crippen LogP contribution in [0, 0.1) is 0 Å². The molecule has 0 spiro atoms. The lowest BCUT2D eigenvalue weighted by Gasteiger charge is -2.25. The third-order valence-corrected chi connectivity index (χ3v) is 6.67. The summed E-state index contributed by atoms with van der Waals surface area (Å²) in [5, 5.41) is 9.35. The first-order chi connectivity index (χ1) is 18.3. The van der Waals surface area contributed by atoms with Crippen LogP contribution in [0.3, 0.4) is 0 Å². The van der Waals surface area contributed by atoms with Crippen LogP contribution in [0.25, 0.3) is 29.1 Å². The minimum Gasteiger partial charge on any atom is -0.476 e. The number of aryl methyl sites for hydroxylation is 2. The number of rotatable bonds is 5. The molecule has 0 aromatic carbocycles. The van der Waals surface area contributed by atoms with Crippen molar-refractivity contribution in [2.75, 3.05) is 32.5 Å². The van der Waals surface area contributed by atoms with E-state index < -0.39 is 0 Å². The van der Waals surface area contributed by atoms with E-state index in [9.17, 15) is 0 Å². The summed E-state index contributed by atoms with van der Waals surface area (Å²) in [7, 11) is 5.45. The molecule has 0 radical (unpaired) electrons. The van der Waals surface area contributed by atoms with E-state index in [-0.39, 0.29) is 6.10 Å². The molecule has 0 saturated heterocycles. The van der Waals surface area contributed by atoms with Crippen molar-refractivity contribution in [2.45, 2.75) is 40.0 Å². The van der Waals surface area contributed by atoms with Gasteiger partial charge in [0.1, 0.15) is 11.8 Å². The summed E-state index contributed by atoms with van der Waals surface area (Å²) in [5.41, 5.74) is 11.9. The summed E-state index contributed by atoms with van der Waals surface area (Å²) in [6.07, 6.45) is 7.58. The van der Waals surface area contributed by atoms with E-state index in [1.807, 2.05) is 48.5 Å². The Kier molecular flexibility index (Phi) is 7.09. The van der Waals surface area contributed by atoms with Crippen molar-refractivity contribution >= 4 is 23.6 Å². The number of methoxy groups -OCH3 is 1. The van der Waals surface area contributed by atoms with Gasteiger partial charge in [-0.15, -0.1) is 5.10 Å². The first-order valence-corrected chi connectivity index (χ1v) is 12.8. The molecular formula is C26H35N9O3. The zero-order chi connectivity index (χ0) is 27.0. The number of nitrogens with two attached hydrogens (primary N) is 1. The van der Waals surface area contributed by atoms with E-state index in [0.29, 0.717) is 55.2 Å². The van der Waals surface area contributed by atoms with Gasteiger partial charge in [-0.05, 0) is 32.5 Å². The van der Waals surface area contributed by atoms with Gasteiger partial charge in [-0.25, -0.2) is 14.6 Å². The van der Waals surface area contributed by atoms with Crippen LogP contribution in [0.4, 0.5) is 5.82 Å². The maximum atomic E-state index is 6.55.